The first-order chi connectivity index (χ1) is 6.13. The summed E-state index contributed by atoms with van der Waals surface area (Å²) in [5, 5.41) is 11.4. The van der Waals surface area contributed by atoms with Crippen LogP contribution in [-0.4, -0.2) is 28.9 Å². The van der Waals surface area contributed by atoms with Gasteiger partial charge in [-0.2, -0.15) is 0 Å². The Morgan fingerprint density at radius 1 is 1.46 bits per heavy atom. The van der Waals surface area contributed by atoms with Gasteiger partial charge < -0.3 is 16.2 Å². The van der Waals surface area contributed by atoms with Crippen LogP contribution < -0.4 is 11.1 Å². The number of allylic oxidation sites excluding steroid dienone is 2. The molecule has 0 radical (unpaired) electrons. The third kappa shape index (κ3) is 1.46. The third-order valence-electron chi connectivity index (χ3n) is 1.83. The van der Waals surface area contributed by atoms with E-state index < -0.39 is 17.3 Å². The number of aliphatic carboxylic acids is 1. The molecule has 13 heavy (non-hydrogen) atoms. The number of nitrogens with two attached hydrogens (primary N) is 1. The molecule has 1 unspecified atom stereocenters. The van der Waals surface area contributed by atoms with Crippen molar-refractivity contribution in [2.24, 2.45) is 5.73 Å². The number of ketones is 1. The maximum Gasteiger partial charge on any atom is 0.341 e. The van der Waals surface area contributed by atoms with Gasteiger partial charge in [-0.05, 0) is 18.4 Å². The predicted molar refractivity (Wildman–Crippen MR) is 45.8 cm³/mol. The highest BCUT2D eigenvalue weighted by Crippen LogP contribution is 2.12. The van der Waals surface area contributed by atoms with Gasteiger partial charge in [0.25, 0.3) is 0 Å². The van der Waals surface area contributed by atoms with E-state index in [9.17, 15) is 9.59 Å². The Kier molecular flexibility index (Phi) is 2.48. The van der Waals surface area contributed by atoms with Crippen molar-refractivity contribution in [3.63, 3.8) is 0 Å². The Bertz CT molecular complexity index is 296. The standard InChI is InChI=1S/C8H10N2O3/c9-5-6(11)8(7(12)13)3-1-2-4-10-8/h1-4,10H,5,9H2,(H,12,13). The van der Waals surface area contributed by atoms with Crippen molar-refractivity contribution in [1.82, 2.24) is 5.32 Å². The normalized spacial score (nSPS) is 25.3. The molecule has 0 spiro atoms. The van der Waals surface area contributed by atoms with E-state index in [-0.39, 0.29) is 6.54 Å². The largest absolute Gasteiger partial charge is 0.479 e. The van der Waals surface area contributed by atoms with Crippen molar-refractivity contribution < 1.29 is 14.7 Å². The second-order valence-electron chi connectivity index (χ2n) is 2.60. The van der Waals surface area contributed by atoms with Crippen LogP contribution in [0.5, 0.6) is 0 Å². The average molecular weight is 182 g/mol. The molecule has 1 atom stereocenters. The van der Waals surface area contributed by atoms with Crippen LogP contribution in [0.15, 0.2) is 24.4 Å². The predicted octanol–water partition coefficient (Wildman–Crippen LogP) is -0.989. The van der Waals surface area contributed by atoms with Crippen molar-refractivity contribution in [3.8, 4) is 0 Å². The van der Waals surface area contributed by atoms with E-state index >= 15 is 0 Å². The van der Waals surface area contributed by atoms with Crippen LogP contribution in [0.3, 0.4) is 0 Å². The number of hydrogen-bond acceptors (Lipinski definition) is 4. The number of rotatable bonds is 3. The molecule has 1 aliphatic heterocycles. The number of carboxylic acid groups (broad SMARTS) is 1. The van der Waals surface area contributed by atoms with Gasteiger partial charge in [0.15, 0.2) is 5.78 Å². The molecule has 0 fully saturated rings. The van der Waals surface area contributed by atoms with Crippen molar-refractivity contribution in [2.75, 3.05) is 6.54 Å². The van der Waals surface area contributed by atoms with Crippen LogP contribution in [0, 0.1) is 0 Å². The van der Waals surface area contributed by atoms with Crippen LogP contribution in [0.2, 0.25) is 0 Å². The molecule has 4 N–H and O–H groups in total. The first-order valence-corrected chi connectivity index (χ1v) is 3.72. The van der Waals surface area contributed by atoms with Crippen LogP contribution in [0.1, 0.15) is 0 Å². The second-order valence-corrected chi connectivity index (χ2v) is 2.60. The van der Waals surface area contributed by atoms with Gasteiger partial charge in [0.2, 0.25) is 5.54 Å². The maximum atomic E-state index is 11.3. The van der Waals surface area contributed by atoms with E-state index in [1.807, 2.05) is 0 Å². The molecule has 0 amide bonds. The van der Waals surface area contributed by atoms with Crippen molar-refractivity contribution >= 4 is 11.8 Å². The Labute approximate surface area is 74.9 Å². The Morgan fingerprint density at radius 3 is 2.54 bits per heavy atom. The lowest BCUT2D eigenvalue weighted by molar-refractivity contribution is -0.146. The summed E-state index contributed by atoms with van der Waals surface area (Å²) in [6, 6.07) is 0. The zero-order valence-electron chi connectivity index (χ0n) is 6.86. The summed E-state index contributed by atoms with van der Waals surface area (Å²) in [6.07, 6.45) is 5.79. The van der Waals surface area contributed by atoms with Crippen LogP contribution in [-0.2, 0) is 9.59 Å². The first kappa shape index (κ1) is 9.47. The lowest BCUT2D eigenvalue weighted by atomic mass is 9.92. The molecular weight excluding hydrogens is 172 g/mol. The highest BCUT2D eigenvalue weighted by molar-refractivity contribution is 6.11. The zero-order valence-corrected chi connectivity index (χ0v) is 6.86. The number of Topliss-reactive ketones (excluding diaryl/α,β-unsaturated/α-hetero) is 1. The lowest BCUT2D eigenvalue weighted by Gasteiger charge is -2.25. The monoisotopic (exact) mass is 182 g/mol. The number of carboxylic acids is 1. The summed E-state index contributed by atoms with van der Waals surface area (Å²) < 4.78 is 0. The van der Waals surface area contributed by atoms with Crippen LogP contribution in [0.25, 0.3) is 0 Å². The molecule has 0 aromatic heterocycles. The van der Waals surface area contributed by atoms with Crippen LogP contribution >= 0.6 is 0 Å². The molecule has 70 valence electrons. The second kappa shape index (κ2) is 3.40. The maximum absolute atomic E-state index is 11.3. The van der Waals surface area contributed by atoms with Gasteiger partial charge in [0.05, 0.1) is 6.54 Å². The summed E-state index contributed by atoms with van der Waals surface area (Å²) in [5.41, 5.74) is 3.44. The smallest absolute Gasteiger partial charge is 0.341 e. The summed E-state index contributed by atoms with van der Waals surface area (Å²) in [6.45, 7) is -0.308. The minimum atomic E-state index is -1.68. The minimum Gasteiger partial charge on any atom is -0.479 e. The number of dihydropyridines is 1. The fraction of sp³-hybridized carbons (Fsp3) is 0.250. The van der Waals surface area contributed by atoms with Gasteiger partial charge in [-0.25, -0.2) is 4.79 Å². The SMILES string of the molecule is NCC(=O)C1(C(=O)O)C=CC=CN1. The van der Waals surface area contributed by atoms with E-state index in [0.717, 1.165) is 0 Å². The molecule has 0 saturated carbocycles. The zero-order chi connectivity index (χ0) is 9.90. The lowest BCUT2D eigenvalue weighted by Crippen LogP contribution is -2.57. The van der Waals surface area contributed by atoms with Crippen molar-refractivity contribution in [2.45, 2.75) is 5.54 Å². The highest BCUT2D eigenvalue weighted by Gasteiger charge is 2.42. The quantitative estimate of drug-likeness (QED) is 0.487. The number of carbonyl (C=O) groups excluding carboxylic acids is 1. The average Bonchev–Trinajstić information content (AvgIpc) is 2.17. The molecule has 5 heteroatoms. The Hall–Kier alpha value is -1.62. The fourth-order valence-electron chi connectivity index (χ4n) is 1.07. The topological polar surface area (TPSA) is 92.4 Å². The molecule has 1 rings (SSSR count). The van der Waals surface area contributed by atoms with Crippen molar-refractivity contribution in [1.29, 1.82) is 0 Å². The van der Waals surface area contributed by atoms with Gasteiger partial charge in [-0.1, -0.05) is 6.08 Å². The molecule has 0 aliphatic carbocycles. The summed E-state index contributed by atoms with van der Waals surface area (Å²) in [5.74, 6) is -1.82. The summed E-state index contributed by atoms with van der Waals surface area (Å²) in [4.78, 5) is 22.1. The summed E-state index contributed by atoms with van der Waals surface area (Å²) in [7, 11) is 0. The van der Waals surface area contributed by atoms with Gasteiger partial charge in [-0.15, -0.1) is 0 Å². The number of hydrogen-bond donors (Lipinski definition) is 3. The highest BCUT2D eigenvalue weighted by atomic mass is 16.4. The minimum absolute atomic E-state index is 0.308. The first-order valence-electron chi connectivity index (χ1n) is 3.72. The van der Waals surface area contributed by atoms with E-state index in [4.69, 9.17) is 10.8 Å². The van der Waals surface area contributed by atoms with Crippen LogP contribution in [0.4, 0.5) is 0 Å². The molecule has 0 aromatic rings. The van der Waals surface area contributed by atoms with E-state index in [1.165, 1.54) is 18.4 Å². The molecule has 5 nitrogen and oxygen atoms in total. The fourth-order valence-corrected chi connectivity index (χ4v) is 1.07. The van der Waals surface area contributed by atoms with Crippen molar-refractivity contribution in [3.05, 3.63) is 24.4 Å². The molecule has 0 saturated heterocycles. The van der Waals surface area contributed by atoms with E-state index in [0.29, 0.717) is 0 Å². The molecule has 0 bridgehead atoms. The third-order valence-corrected chi connectivity index (χ3v) is 1.83. The molecular formula is C8H10N2O3. The van der Waals surface area contributed by atoms with Gasteiger partial charge in [0, 0.05) is 0 Å². The summed E-state index contributed by atoms with van der Waals surface area (Å²) >= 11 is 0. The van der Waals surface area contributed by atoms with E-state index in [2.05, 4.69) is 5.32 Å². The number of carbonyl (C=O) groups is 2. The van der Waals surface area contributed by atoms with Gasteiger partial charge in [-0.3, -0.25) is 4.79 Å². The molecule has 1 heterocycles. The number of nitrogens with one attached hydrogen (secondary N) is 1. The van der Waals surface area contributed by atoms with Gasteiger partial charge in [0.1, 0.15) is 0 Å². The molecule has 0 aromatic carbocycles. The molecule has 1 aliphatic rings. The Morgan fingerprint density at radius 2 is 2.15 bits per heavy atom. The van der Waals surface area contributed by atoms with Gasteiger partial charge >= 0.3 is 5.97 Å². The van der Waals surface area contributed by atoms with E-state index in [1.54, 1.807) is 6.08 Å². The Balaban J connectivity index is 3.02.